The Morgan fingerprint density at radius 1 is 1.27 bits per heavy atom. The Kier molecular flexibility index (Phi) is 3.67. The first kappa shape index (κ1) is 13.9. The second kappa shape index (κ2) is 5.81. The monoisotopic (exact) mass is 304 g/mol. The van der Waals surface area contributed by atoms with Gasteiger partial charge in [-0.05, 0) is 26.2 Å². The van der Waals surface area contributed by atoms with Crippen LogP contribution < -0.4 is 5.32 Å². The topological polar surface area (TPSA) is 86.2 Å². The Bertz CT molecular complexity index is 634. The molecule has 7 nitrogen and oxygen atoms in total. The molecule has 1 aliphatic heterocycles. The van der Waals surface area contributed by atoms with Crippen LogP contribution in [0.3, 0.4) is 0 Å². The zero-order valence-electron chi connectivity index (χ0n) is 12.6. The van der Waals surface area contributed by atoms with Crippen molar-refractivity contribution in [1.29, 1.82) is 0 Å². The van der Waals surface area contributed by atoms with Crippen LogP contribution in [-0.4, -0.2) is 28.4 Å². The summed E-state index contributed by atoms with van der Waals surface area (Å²) in [5.74, 6) is 2.34. The van der Waals surface area contributed by atoms with Crippen molar-refractivity contribution in [2.45, 2.75) is 44.8 Å². The minimum atomic E-state index is -0.0870. The number of hydrogen-bond acceptors (Lipinski definition) is 7. The van der Waals surface area contributed by atoms with E-state index in [4.69, 9.17) is 13.8 Å². The summed E-state index contributed by atoms with van der Waals surface area (Å²) in [5.41, 5.74) is 2.02. The first-order chi connectivity index (χ1) is 10.8. The van der Waals surface area contributed by atoms with Crippen LogP contribution in [0.1, 0.15) is 54.3 Å². The van der Waals surface area contributed by atoms with Gasteiger partial charge >= 0.3 is 0 Å². The second-order valence-corrected chi connectivity index (χ2v) is 6.16. The van der Waals surface area contributed by atoms with Gasteiger partial charge in [0.1, 0.15) is 12.4 Å². The summed E-state index contributed by atoms with van der Waals surface area (Å²) in [6.07, 6.45) is 4.95. The Balaban J connectivity index is 1.35. The highest BCUT2D eigenvalue weighted by Crippen LogP contribution is 2.40. The Morgan fingerprint density at radius 3 is 2.95 bits per heavy atom. The van der Waals surface area contributed by atoms with Crippen LogP contribution in [0.5, 0.6) is 0 Å². The van der Waals surface area contributed by atoms with Crippen molar-refractivity contribution in [3.63, 3.8) is 0 Å². The lowest BCUT2D eigenvalue weighted by atomic mass is 10.0. The van der Waals surface area contributed by atoms with Gasteiger partial charge in [-0.25, -0.2) is 0 Å². The van der Waals surface area contributed by atoms with Crippen molar-refractivity contribution >= 4 is 0 Å². The van der Waals surface area contributed by atoms with Crippen molar-refractivity contribution < 1.29 is 13.8 Å². The molecule has 1 saturated carbocycles. The summed E-state index contributed by atoms with van der Waals surface area (Å²) < 4.78 is 16.2. The van der Waals surface area contributed by atoms with Gasteiger partial charge in [0.15, 0.2) is 5.82 Å². The summed E-state index contributed by atoms with van der Waals surface area (Å²) in [5, 5.41) is 11.4. The number of aromatic nitrogens is 3. The molecule has 2 atom stereocenters. The average molecular weight is 304 g/mol. The Hall–Kier alpha value is -1.73. The quantitative estimate of drug-likeness (QED) is 0.874. The maximum atomic E-state index is 5.81. The van der Waals surface area contributed by atoms with Crippen LogP contribution >= 0.6 is 0 Å². The van der Waals surface area contributed by atoms with Crippen LogP contribution in [0.15, 0.2) is 15.3 Å². The van der Waals surface area contributed by atoms with E-state index in [9.17, 15) is 0 Å². The molecule has 0 radical (unpaired) electrons. The number of rotatable bonds is 6. The zero-order chi connectivity index (χ0) is 14.9. The molecule has 118 valence electrons. The van der Waals surface area contributed by atoms with E-state index in [1.165, 1.54) is 12.8 Å². The van der Waals surface area contributed by atoms with Crippen LogP contribution in [0.25, 0.3) is 0 Å². The summed E-state index contributed by atoms with van der Waals surface area (Å²) in [6.45, 7) is 4.27. The SMILES string of the molecule is Cc1nocc1CNC[C@@H]1CCO[C@@H]1c1nc(C2CC2)no1. The molecule has 2 fully saturated rings. The molecule has 0 spiro atoms. The van der Waals surface area contributed by atoms with Gasteiger partial charge in [0, 0.05) is 37.1 Å². The molecule has 2 aromatic rings. The average Bonchev–Trinajstić information content (AvgIpc) is 2.92. The minimum Gasteiger partial charge on any atom is -0.368 e. The number of nitrogens with one attached hydrogen (secondary N) is 1. The second-order valence-electron chi connectivity index (χ2n) is 6.16. The smallest absolute Gasteiger partial charge is 0.256 e. The molecule has 0 bridgehead atoms. The Labute approximate surface area is 128 Å². The first-order valence-electron chi connectivity index (χ1n) is 7.87. The zero-order valence-corrected chi connectivity index (χ0v) is 12.6. The Morgan fingerprint density at radius 2 is 2.18 bits per heavy atom. The highest BCUT2D eigenvalue weighted by molar-refractivity contribution is 5.12. The van der Waals surface area contributed by atoms with Crippen molar-refractivity contribution in [1.82, 2.24) is 20.6 Å². The molecule has 2 aromatic heterocycles. The third-order valence-electron chi connectivity index (χ3n) is 4.43. The van der Waals surface area contributed by atoms with E-state index in [1.807, 2.05) is 6.92 Å². The van der Waals surface area contributed by atoms with Crippen LogP contribution in [0.4, 0.5) is 0 Å². The lowest BCUT2D eigenvalue weighted by Gasteiger charge is -2.15. The first-order valence-corrected chi connectivity index (χ1v) is 7.87. The summed E-state index contributed by atoms with van der Waals surface area (Å²) >= 11 is 0. The third kappa shape index (κ3) is 2.78. The molecule has 1 saturated heterocycles. The molecular weight excluding hydrogens is 284 g/mol. The predicted octanol–water partition coefficient (Wildman–Crippen LogP) is 2.11. The van der Waals surface area contributed by atoms with Gasteiger partial charge in [-0.1, -0.05) is 10.3 Å². The summed E-state index contributed by atoms with van der Waals surface area (Å²) in [4.78, 5) is 4.52. The van der Waals surface area contributed by atoms with Gasteiger partial charge in [-0.15, -0.1) is 0 Å². The van der Waals surface area contributed by atoms with Crippen molar-refractivity contribution in [2.24, 2.45) is 5.92 Å². The van der Waals surface area contributed by atoms with E-state index in [0.29, 0.717) is 17.7 Å². The number of aryl methyl sites for hydroxylation is 1. The lowest BCUT2D eigenvalue weighted by Crippen LogP contribution is -2.24. The van der Waals surface area contributed by atoms with E-state index in [1.54, 1.807) is 6.26 Å². The third-order valence-corrected chi connectivity index (χ3v) is 4.43. The van der Waals surface area contributed by atoms with E-state index in [2.05, 4.69) is 20.6 Å². The molecule has 0 amide bonds. The minimum absolute atomic E-state index is 0.0870. The highest BCUT2D eigenvalue weighted by atomic mass is 16.5. The van der Waals surface area contributed by atoms with E-state index >= 15 is 0 Å². The maximum absolute atomic E-state index is 5.81. The van der Waals surface area contributed by atoms with Crippen LogP contribution in [0.2, 0.25) is 0 Å². The molecule has 3 heterocycles. The van der Waals surface area contributed by atoms with E-state index < -0.39 is 0 Å². The highest BCUT2D eigenvalue weighted by Gasteiger charge is 2.36. The van der Waals surface area contributed by atoms with Crippen LogP contribution in [-0.2, 0) is 11.3 Å². The summed E-state index contributed by atoms with van der Waals surface area (Å²) in [7, 11) is 0. The standard InChI is InChI=1S/C15H20N4O3/c1-9-12(8-21-18-9)7-16-6-11-4-5-20-13(11)15-17-14(19-22-15)10-2-3-10/h8,10-11,13,16H,2-7H2,1H3/t11-,13-/m0/s1. The predicted molar refractivity (Wildman–Crippen MR) is 76.0 cm³/mol. The molecule has 2 aliphatic rings. The van der Waals surface area contributed by atoms with Gasteiger partial charge in [0.25, 0.3) is 5.89 Å². The fourth-order valence-corrected chi connectivity index (χ4v) is 2.86. The molecule has 0 unspecified atom stereocenters. The fraction of sp³-hybridized carbons (Fsp3) is 0.667. The van der Waals surface area contributed by atoms with Crippen molar-refractivity contribution in [3.8, 4) is 0 Å². The fourth-order valence-electron chi connectivity index (χ4n) is 2.86. The molecular formula is C15H20N4O3. The van der Waals surface area contributed by atoms with E-state index in [0.717, 1.165) is 43.2 Å². The molecule has 4 rings (SSSR count). The van der Waals surface area contributed by atoms with Crippen molar-refractivity contribution in [2.75, 3.05) is 13.2 Å². The molecule has 7 heteroatoms. The number of nitrogens with zero attached hydrogens (tertiary/aromatic N) is 3. The van der Waals surface area contributed by atoms with Gasteiger partial charge in [-0.2, -0.15) is 4.98 Å². The van der Waals surface area contributed by atoms with Gasteiger partial charge in [0.2, 0.25) is 0 Å². The molecule has 0 aromatic carbocycles. The number of hydrogen-bond donors (Lipinski definition) is 1. The van der Waals surface area contributed by atoms with Gasteiger partial charge in [-0.3, -0.25) is 0 Å². The van der Waals surface area contributed by atoms with Gasteiger partial charge in [0.05, 0.1) is 5.69 Å². The normalized spacial score (nSPS) is 25.0. The van der Waals surface area contributed by atoms with Crippen molar-refractivity contribution in [3.05, 3.63) is 29.2 Å². The molecule has 1 aliphatic carbocycles. The lowest BCUT2D eigenvalue weighted by molar-refractivity contribution is 0.0623. The maximum Gasteiger partial charge on any atom is 0.256 e. The summed E-state index contributed by atoms with van der Waals surface area (Å²) in [6, 6.07) is 0. The van der Waals surface area contributed by atoms with E-state index in [-0.39, 0.29) is 6.10 Å². The van der Waals surface area contributed by atoms with Crippen LogP contribution in [0, 0.1) is 12.8 Å². The molecule has 1 N–H and O–H groups in total. The largest absolute Gasteiger partial charge is 0.368 e. The number of ether oxygens (including phenoxy) is 1. The van der Waals surface area contributed by atoms with Gasteiger partial charge < -0.3 is 19.1 Å². The molecule has 22 heavy (non-hydrogen) atoms.